The molecule has 1 aromatic heterocycles. The van der Waals surface area contributed by atoms with Gasteiger partial charge in [0.2, 0.25) is 10.0 Å². The quantitative estimate of drug-likeness (QED) is 0.669. The van der Waals surface area contributed by atoms with Crippen LogP contribution < -0.4 is 4.72 Å². The molecule has 0 aliphatic rings. The number of nitrogens with zero attached hydrogens (tertiary/aromatic N) is 2. The molecule has 2 rings (SSSR count). The summed E-state index contributed by atoms with van der Waals surface area (Å²) in [6, 6.07) is 5.25. The van der Waals surface area contributed by atoms with E-state index in [0.717, 1.165) is 21.6 Å². The number of aryl methyl sites for hydroxylation is 2. The van der Waals surface area contributed by atoms with E-state index in [4.69, 9.17) is 0 Å². The Kier molecular flexibility index (Phi) is 4.35. The van der Waals surface area contributed by atoms with E-state index in [-0.39, 0.29) is 11.4 Å². The highest BCUT2D eigenvalue weighted by molar-refractivity contribution is 7.89. The van der Waals surface area contributed by atoms with Gasteiger partial charge >= 0.3 is 0 Å². The van der Waals surface area contributed by atoms with E-state index in [0.29, 0.717) is 0 Å². The first-order valence-corrected chi connectivity index (χ1v) is 8.27. The number of nitro benzene ring substituents is 1. The number of para-hydroxylation sites is 1. The Morgan fingerprint density at radius 3 is 2.57 bits per heavy atom. The van der Waals surface area contributed by atoms with Crippen LogP contribution in [0.25, 0.3) is 0 Å². The molecule has 9 heteroatoms. The zero-order valence-corrected chi connectivity index (χ0v) is 13.0. The molecule has 21 heavy (non-hydrogen) atoms. The number of rotatable bonds is 5. The van der Waals surface area contributed by atoms with Crippen molar-refractivity contribution < 1.29 is 13.3 Å². The third-order valence-corrected chi connectivity index (χ3v) is 5.30. The molecule has 0 unspecified atom stereocenters. The van der Waals surface area contributed by atoms with Crippen molar-refractivity contribution in [1.82, 2.24) is 9.71 Å². The normalized spacial score (nSPS) is 11.5. The summed E-state index contributed by atoms with van der Waals surface area (Å²) < 4.78 is 26.8. The van der Waals surface area contributed by atoms with Gasteiger partial charge in [0.25, 0.3) is 5.69 Å². The van der Waals surface area contributed by atoms with Crippen LogP contribution in [0, 0.1) is 24.0 Å². The Balaban J connectivity index is 2.27. The van der Waals surface area contributed by atoms with Gasteiger partial charge in [0.1, 0.15) is 0 Å². The van der Waals surface area contributed by atoms with E-state index < -0.39 is 20.6 Å². The number of aromatic nitrogens is 1. The molecule has 2 aromatic rings. The molecule has 0 saturated carbocycles. The number of hydrogen-bond acceptors (Lipinski definition) is 6. The van der Waals surface area contributed by atoms with Gasteiger partial charge in [-0.15, -0.1) is 11.3 Å². The molecule has 112 valence electrons. The molecular formula is C12H13N3O4S2. The van der Waals surface area contributed by atoms with Gasteiger partial charge in [-0.3, -0.25) is 10.1 Å². The predicted molar refractivity (Wildman–Crippen MR) is 78.7 cm³/mol. The van der Waals surface area contributed by atoms with Crippen LogP contribution in [0.15, 0.2) is 29.2 Å². The van der Waals surface area contributed by atoms with Gasteiger partial charge in [0, 0.05) is 17.5 Å². The van der Waals surface area contributed by atoms with Crippen LogP contribution in [-0.4, -0.2) is 18.3 Å². The molecule has 0 aliphatic heterocycles. The summed E-state index contributed by atoms with van der Waals surface area (Å²) in [5.41, 5.74) is 0.310. The lowest BCUT2D eigenvalue weighted by molar-refractivity contribution is -0.387. The van der Waals surface area contributed by atoms with Crippen LogP contribution in [0.5, 0.6) is 0 Å². The summed E-state index contributed by atoms with van der Waals surface area (Å²) >= 11 is 1.39. The molecule has 0 bridgehead atoms. The highest BCUT2D eigenvalue weighted by atomic mass is 32.2. The zero-order chi connectivity index (χ0) is 15.6. The number of sulfonamides is 1. The fourth-order valence-electron chi connectivity index (χ4n) is 1.81. The predicted octanol–water partition coefficient (Wildman–Crippen LogP) is 2.15. The number of hydrogen-bond donors (Lipinski definition) is 1. The Morgan fingerprint density at radius 2 is 2.00 bits per heavy atom. The number of nitro groups is 1. The summed E-state index contributed by atoms with van der Waals surface area (Å²) in [6.45, 7) is 3.68. The van der Waals surface area contributed by atoms with Crippen molar-refractivity contribution in [3.8, 4) is 0 Å². The highest BCUT2D eigenvalue weighted by Crippen LogP contribution is 2.23. The van der Waals surface area contributed by atoms with E-state index in [1.54, 1.807) is 6.92 Å². The minimum absolute atomic E-state index is 0.0612. The molecule has 7 nitrogen and oxygen atoms in total. The molecule has 0 saturated heterocycles. The number of thiazole rings is 1. The van der Waals surface area contributed by atoms with Gasteiger partial charge in [0.05, 0.1) is 15.6 Å². The van der Waals surface area contributed by atoms with Gasteiger partial charge in [-0.25, -0.2) is 18.1 Å². The minimum atomic E-state index is -3.95. The van der Waals surface area contributed by atoms with Crippen molar-refractivity contribution in [2.45, 2.75) is 25.3 Å². The first-order valence-electron chi connectivity index (χ1n) is 5.97. The summed E-state index contributed by atoms with van der Waals surface area (Å²) in [4.78, 5) is 14.8. The highest BCUT2D eigenvalue weighted by Gasteiger charge is 2.25. The van der Waals surface area contributed by atoms with Crippen LogP contribution in [0.2, 0.25) is 0 Å². The van der Waals surface area contributed by atoms with Crippen molar-refractivity contribution >= 4 is 27.0 Å². The minimum Gasteiger partial charge on any atom is -0.258 e. The van der Waals surface area contributed by atoms with E-state index in [1.807, 2.05) is 6.92 Å². The Bertz CT molecular complexity index is 784. The van der Waals surface area contributed by atoms with Crippen molar-refractivity contribution in [2.75, 3.05) is 0 Å². The monoisotopic (exact) mass is 327 g/mol. The van der Waals surface area contributed by atoms with Crippen LogP contribution in [-0.2, 0) is 16.6 Å². The number of nitrogens with one attached hydrogen (secondary N) is 1. The van der Waals surface area contributed by atoms with Gasteiger partial charge in [-0.05, 0) is 19.9 Å². The summed E-state index contributed by atoms with van der Waals surface area (Å²) in [5, 5.41) is 11.7. The third kappa shape index (κ3) is 3.43. The van der Waals surface area contributed by atoms with Crippen molar-refractivity contribution in [3.05, 3.63) is 50.0 Å². The van der Waals surface area contributed by atoms with Crippen molar-refractivity contribution in [1.29, 1.82) is 0 Å². The fraction of sp³-hybridized carbons (Fsp3) is 0.250. The smallest absolute Gasteiger partial charge is 0.258 e. The summed E-state index contributed by atoms with van der Waals surface area (Å²) in [6.07, 6.45) is 0. The molecule has 0 fully saturated rings. The van der Waals surface area contributed by atoms with Crippen molar-refractivity contribution in [3.63, 3.8) is 0 Å². The summed E-state index contributed by atoms with van der Waals surface area (Å²) in [5.74, 6) is 0. The second kappa shape index (κ2) is 5.88. The molecule has 1 aromatic carbocycles. The Hall–Kier alpha value is -1.84. The Morgan fingerprint density at radius 1 is 1.33 bits per heavy atom. The van der Waals surface area contributed by atoms with E-state index in [1.165, 1.54) is 29.5 Å². The maximum absolute atomic E-state index is 12.2. The lowest BCUT2D eigenvalue weighted by Crippen LogP contribution is -2.24. The average Bonchev–Trinajstić information content (AvgIpc) is 2.75. The second-order valence-electron chi connectivity index (χ2n) is 4.29. The van der Waals surface area contributed by atoms with E-state index in [2.05, 4.69) is 9.71 Å². The topological polar surface area (TPSA) is 102 Å². The van der Waals surface area contributed by atoms with Crippen molar-refractivity contribution in [2.24, 2.45) is 0 Å². The fourth-order valence-corrected chi connectivity index (χ4v) is 3.94. The molecule has 0 spiro atoms. The molecule has 1 N–H and O–H groups in total. The molecule has 1 heterocycles. The zero-order valence-electron chi connectivity index (χ0n) is 11.4. The molecule has 0 atom stereocenters. The van der Waals surface area contributed by atoms with Gasteiger partial charge < -0.3 is 0 Å². The first kappa shape index (κ1) is 15.5. The van der Waals surface area contributed by atoms with Gasteiger partial charge in [-0.2, -0.15) is 0 Å². The van der Waals surface area contributed by atoms with Gasteiger partial charge in [0.15, 0.2) is 4.90 Å². The van der Waals surface area contributed by atoms with Crippen LogP contribution in [0.3, 0.4) is 0 Å². The van der Waals surface area contributed by atoms with Gasteiger partial charge in [-0.1, -0.05) is 12.1 Å². The van der Waals surface area contributed by atoms with Crippen LogP contribution in [0.1, 0.15) is 15.6 Å². The van der Waals surface area contributed by atoms with E-state index >= 15 is 0 Å². The lowest BCUT2D eigenvalue weighted by atomic mass is 10.3. The van der Waals surface area contributed by atoms with Crippen LogP contribution >= 0.6 is 11.3 Å². The maximum Gasteiger partial charge on any atom is 0.289 e. The molecule has 0 amide bonds. The summed E-state index contributed by atoms with van der Waals surface area (Å²) in [7, 11) is -3.95. The maximum atomic E-state index is 12.2. The Labute approximate surface area is 125 Å². The first-order chi connectivity index (χ1) is 9.81. The average molecular weight is 327 g/mol. The molecule has 0 aliphatic carbocycles. The number of benzene rings is 1. The largest absolute Gasteiger partial charge is 0.289 e. The van der Waals surface area contributed by atoms with Crippen LogP contribution in [0.4, 0.5) is 5.69 Å². The second-order valence-corrected chi connectivity index (χ2v) is 7.31. The molecular weight excluding hydrogens is 314 g/mol. The third-order valence-electron chi connectivity index (χ3n) is 2.77. The standard InChI is InChI=1S/C12H13N3O4S2/c1-8-11(20-9(2)14-8)7-13-21(18,19)12-6-4-3-5-10(12)15(16)17/h3-6,13H,7H2,1-2H3. The van der Waals surface area contributed by atoms with E-state index in [9.17, 15) is 18.5 Å². The SMILES string of the molecule is Cc1nc(C)c(CNS(=O)(=O)c2ccccc2[N+](=O)[O-])s1. The lowest BCUT2D eigenvalue weighted by Gasteiger charge is -2.06. The molecule has 0 radical (unpaired) electrons.